The molecule has 0 spiro atoms. The molecular weight excluding hydrogens is 202 g/mol. The lowest BCUT2D eigenvalue weighted by atomic mass is 10.1. The maximum Gasteiger partial charge on any atom is 0.176 e. The van der Waals surface area contributed by atoms with Crippen molar-refractivity contribution < 1.29 is 9.90 Å². The van der Waals surface area contributed by atoms with E-state index in [1.807, 2.05) is 35.2 Å². The average molecular weight is 219 g/mol. The Morgan fingerprint density at radius 2 is 2.12 bits per heavy atom. The number of carbonyl (C=O) groups excluding carboxylic acids is 1. The van der Waals surface area contributed by atoms with Gasteiger partial charge in [-0.2, -0.15) is 0 Å². The summed E-state index contributed by atoms with van der Waals surface area (Å²) < 4.78 is 0. The standard InChI is InChI=1S/C13H17NO2/c15-12-7-4-8-14(9-12)10-13(16)11-5-2-1-3-6-11/h1-3,5-6,12,15H,4,7-10H2. The highest BCUT2D eigenvalue weighted by Gasteiger charge is 2.19. The van der Waals surface area contributed by atoms with E-state index in [-0.39, 0.29) is 11.9 Å². The summed E-state index contributed by atoms with van der Waals surface area (Å²) in [6.07, 6.45) is 1.57. The van der Waals surface area contributed by atoms with Crippen molar-refractivity contribution in [2.24, 2.45) is 0 Å². The van der Waals surface area contributed by atoms with Gasteiger partial charge in [-0.15, -0.1) is 0 Å². The number of nitrogens with zero attached hydrogens (tertiary/aromatic N) is 1. The third-order valence-electron chi connectivity index (χ3n) is 2.94. The highest BCUT2D eigenvalue weighted by Crippen LogP contribution is 2.10. The SMILES string of the molecule is O=C(CN1CCCC(O)C1)c1ccccc1. The van der Waals surface area contributed by atoms with Gasteiger partial charge in [0.05, 0.1) is 12.6 Å². The Hall–Kier alpha value is -1.19. The molecule has 1 N–H and O–H groups in total. The Morgan fingerprint density at radius 3 is 2.81 bits per heavy atom. The van der Waals surface area contributed by atoms with Crippen molar-refractivity contribution in [3.63, 3.8) is 0 Å². The lowest BCUT2D eigenvalue weighted by Crippen LogP contribution is -2.41. The summed E-state index contributed by atoms with van der Waals surface area (Å²) in [5.74, 6) is 0.134. The van der Waals surface area contributed by atoms with Crippen LogP contribution in [0.5, 0.6) is 0 Å². The van der Waals surface area contributed by atoms with E-state index in [4.69, 9.17) is 0 Å². The fraction of sp³-hybridized carbons (Fsp3) is 0.462. The number of carbonyl (C=O) groups is 1. The van der Waals surface area contributed by atoms with Crippen LogP contribution in [0.3, 0.4) is 0 Å². The van der Waals surface area contributed by atoms with Gasteiger partial charge in [0, 0.05) is 12.1 Å². The number of hydrogen-bond acceptors (Lipinski definition) is 3. The molecule has 0 saturated carbocycles. The zero-order chi connectivity index (χ0) is 11.4. The number of benzene rings is 1. The van der Waals surface area contributed by atoms with Gasteiger partial charge in [0.15, 0.2) is 5.78 Å². The van der Waals surface area contributed by atoms with Gasteiger partial charge in [-0.3, -0.25) is 9.69 Å². The number of likely N-dealkylation sites (tertiary alicyclic amines) is 1. The Labute approximate surface area is 95.7 Å². The Kier molecular flexibility index (Phi) is 3.70. The second kappa shape index (κ2) is 5.23. The van der Waals surface area contributed by atoms with Crippen LogP contribution >= 0.6 is 0 Å². The Balaban J connectivity index is 1.92. The molecular formula is C13H17NO2. The van der Waals surface area contributed by atoms with Crippen molar-refractivity contribution in [2.75, 3.05) is 19.6 Å². The number of aliphatic hydroxyl groups excluding tert-OH is 1. The van der Waals surface area contributed by atoms with E-state index in [0.717, 1.165) is 24.9 Å². The third kappa shape index (κ3) is 2.90. The maximum atomic E-state index is 11.9. The van der Waals surface area contributed by atoms with Gasteiger partial charge >= 0.3 is 0 Å². The zero-order valence-corrected chi connectivity index (χ0v) is 9.30. The fourth-order valence-electron chi connectivity index (χ4n) is 2.09. The quantitative estimate of drug-likeness (QED) is 0.780. The van der Waals surface area contributed by atoms with Gasteiger partial charge in [-0.1, -0.05) is 30.3 Å². The molecule has 0 amide bonds. The molecule has 1 saturated heterocycles. The van der Waals surface area contributed by atoms with Gasteiger partial charge in [0.2, 0.25) is 0 Å². The van der Waals surface area contributed by atoms with Crippen LogP contribution in [-0.4, -0.2) is 41.5 Å². The van der Waals surface area contributed by atoms with E-state index < -0.39 is 0 Å². The molecule has 0 bridgehead atoms. The van der Waals surface area contributed by atoms with Crippen LogP contribution in [0.15, 0.2) is 30.3 Å². The number of β-amino-alcohol motifs (C(OH)–C–C–N with tert-alkyl or cyclic N) is 1. The number of rotatable bonds is 3. The number of Topliss-reactive ketones (excluding diaryl/α,β-unsaturated/α-hetero) is 1. The van der Waals surface area contributed by atoms with Gasteiger partial charge in [0.1, 0.15) is 0 Å². The largest absolute Gasteiger partial charge is 0.392 e. The first-order valence-corrected chi connectivity index (χ1v) is 5.74. The Bertz CT molecular complexity index is 350. The first-order valence-electron chi connectivity index (χ1n) is 5.74. The monoisotopic (exact) mass is 219 g/mol. The fourth-order valence-corrected chi connectivity index (χ4v) is 2.09. The molecule has 1 aromatic carbocycles. The normalized spacial score (nSPS) is 21.9. The first-order chi connectivity index (χ1) is 7.75. The number of hydrogen-bond donors (Lipinski definition) is 1. The summed E-state index contributed by atoms with van der Waals surface area (Å²) in [4.78, 5) is 13.9. The predicted octanol–water partition coefficient (Wildman–Crippen LogP) is 1.33. The summed E-state index contributed by atoms with van der Waals surface area (Å²) in [5, 5.41) is 9.51. The van der Waals surface area contributed by atoms with Crippen LogP contribution in [0.4, 0.5) is 0 Å². The second-order valence-electron chi connectivity index (χ2n) is 4.32. The average Bonchev–Trinajstić information content (AvgIpc) is 2.30. The van der Waals surface area contributed by atoms with Crippen molar-refractivity contribution in [3.05, 3.63) is 35.9 Å². The van der Waals surface area contributed by atoms with E-state index in [0.29, 0.717) is 13.1 Å². The number of aliphatic hydroxyl groups is 1. The molecule has 1 aliphatic heterocycles. The van der Waals surface area contributed by atoms with Crippen LogP contribution in [0.25, 0.3) is 0 Å². The zero-order valence-electron chi connectivity index (χ0n) is 9.30. The van der Waals surface area contributed by atoms with Gasteiger partial charge in [-0.25, -0.2) is 0 Å². The van der Waals surface area contributed by atoms with Crippen LogP contribution in [0.2, 0.25) is 0 Å². The van der Waals surface area contributed by atoms with Crippen LogP contribution in [0.1, 0.15) is 23.2 Å². The van der Waals surface area contributed by atoms with E-state index in [2.05, 4.69) is 0 Å². The predicted molar refractivity (Wildman–Crippen MR) is 62.5 cm³/mol. The van der Waals surface area contributed by atoms with Gasteiger partial charge < -0.3 is 5.11 Å². The topological polar surface area (TPSA) is 40.5 Å². The van der Waals surface area contributed by atoms with Gasteiger partial charge in [-0.05, 0) is 19.4 Å². The molecule has 2 rings (SSSR count). The first kappa shape index (κ1) is 11.3. The molecule has 3 heteroatoms. The van der Waals surface area contributed by atoms with Crippen LogP contribution in [0, 0.1) is 0 Å². The molecule has 0 aromatic heterocycles. The smallest absolute Gasteiger partial charge is 0.176 e. The van der Waals surface area contributed by atoms with Gasteiger partial charge in [0.25, 0.3) is 0 Å². The summed E-state index contributed by atoms with van der Waals surface area (Å²) >= 11 is 0. The molecule has 16 heavy (non-hydrogen) atoms. The van der Waals surface area contributed by atoms with E-state index in [9.17, 15) is 9.90 Å². The van der Waals surface area contributed by atoms with Crippen LogP contribution in [-0.2, 0) is 0 Å². The molecule has 0 radical (unpaired) electrons. The molecule has 1 aliphatic rings. The van der Waals surface area contributed by atoms with Crippen LogP contribution < -0.4 is 0 Å². The molecule has 1 heterocycles. The highest BCUT2D eigenvalue weighted by molar-refractivity contribution is 5.97. The molecule has 3 nitrogen and oxygen atoms in total. The third-order valence-corrected chi connectivity index (χ3v) is 2.94. The summed E-state index contributed by atoms with van der Waals surface area (Å²) in [6, 6.07) is 9.32. The van der Waals surface area contributed by atoms with Crippen molar-refractivity contribution in [2.45, 2.75) is 18.9 Å². The lowest BCUT2D eigenvalue weighted by molar-refractivity contribution is 0.0634. The molecule has 1 unspecified atom stereocenters. The second-order valence-corrected chi connectivity index (χ2v) is 4.32. The minimum absolute atomic E-state index is 0.134. The van der Waals surface area contributed by atoms with Crippen molar-refractivity contribution in [1.82, 2.24) is 4.90 Å². The van der Waals surface area contributed by atoms with E-state index in [1.165, 1.54) is 0 Å². The summed E-state index contributed by atoms with van der Waals surface area (Å²) in [7, 11) is 0. The minimum Gasteiger partial charge on any atom is -0.392 e. The lowest BCUT2D eigenvalue weighted by Gasteiger charge is -2.29. The minimum atomic E-state index is -0.266. The molecule has 0 aliphatic carbocycles. The van der Waals surface area contributed by atoms with E-state index >= 15 is 0 Å². The molecule has 1 fully saturated rings. The molecule has 1 aromatic rings. The summed E-state index contributed by atoms with van der Waals surface area (Å²) in [6.45, 7) is 1.95. The van der Waals surface area contributed by atoms with Crippen molar-refractivity contribution in [1.29, 1.82) is 0 Å². The maximum absolute atomic E-state index is 11.9. The highest BCUT2D eigenvalue weighted by atomic mass is 16.3. The Morgan fingerprint density at radius 1 is 1.38 bits per heavy atom. The number of ketones is 1. The van der Waals surface area contributed by atoms with Crippen molar-refractivity contribution >= 4 is 5.78 Å². The number of piperidine rings is 1. The molecule has 1 atom stereocenters. The van der Waals surface area contributed by atoms with E-state index in [1.54, 1.807) is 0 Å². The summed E-state index contributed by atoms with van der Waals surface area (Å²) in [5.41, 5.74) is 0.752. The van der Waals surface area contributed by atoms with Crippen molar-refractivity contribution in [3.8, 4) is 0 Å². The molecule has 86 valence electrons.